The van der Waals surface area contributed by atoms with E-state index in [0.717, 1.165) is 24.8 Å². The van der Waals surface area contributed by atoms with E-state index in [2.05, 4.69) is 16.6 Å². The van der Waals surface area contributed by atoms with Crippen LogP contribution in [0.15, 0.2) is 66.7 Å². The Bertz CT molecular complexity index is 1650. The van der Waals surface area contributed by atoms with Gasteiger partial charge in [0.1, 0.15) is 46.0 Å². The summed E-state index contributed by atoms with van der Waals surface area (Å²) in [5.74, 6) is -5.02. The highest BCUT2D eigenvalue weighted by Crippen LogP contribution is 2.39. The lowest BCUT2D eigenvalue weighted by molar-refractivity contribution is -0.189. The van der Waals surface area contributed by atoms with Gasteiger partial charge in [0.15, 0.2) is 0 Å². The molecule has 4 rings (SSSR count). The van der Waals surface area contributed by atoms with E-state index < -0.39 is 58.2 Å². The van der Waals surface area contributed by atoms with Gasteiger partial charge in [0, 0.05) is 28.8 Å². The number of ether oxygens (including phenoxy) is 1. The minimum Gasteiger partial charge on any atom is -0.429 e. The van der Waals surface area contributed by atoms with Crippen molar-refractivity contribution >= 4 is 0 Å². The van der Waals surface area contributed by atoms with Crippen LogP contribution in [-0.4, -0.2) is 0 Å². The van der Waals surface area contributed by atoms with E-state index in [1.807, 2.05) is 13.0 Å². The first kappa shape index (κ1) is 31.5. The Labute approximate surface area is 239 Å². The first-order chi connectivity index (χ1) is 20.2. The number of alkyl halides is 5. The molecule has 0 N–H and O–H groups in total. The summed E-state index contributed by atoms with van der Waals surface area (Å²) < 4.78 is 143. The van der Waals surface area contributed by atoms with Crippen molar-refractivity contribution in [2.45, 2.75) is 38.5 Å². The Morgan fingerprint density at radius 1 is 0.628 bits per heavy atom. The largest absolute Gasteiger partial charge is 0.432 e. The zero-order valence-electron chi connectivity index (χ0n) is 22.2. The molecule has 224 valence electrons. The van der Waals surface area contributed by atoms with Crippen LogP contribution in [0.2, 0.25) is 0 Å². The van der Waals surface area contributed by atoms with Gasteiger partial charge < -0.3 is 4.74 Å². The second-order valence-electron chi connectivity index (χ2n) is 9.44. The quantitative estimate of drug-likeness (QED) is 0.150. The van der Waals surface area contributed by atoms with Crippen LogP contribution in [0.5, 0.6) is 5.75 Å². The van der Waals surface area contributed by atoms with Gasteiger partial charge in [0.25, 0.3) is 0 Å². The number of unbranched alkanes of at least 4 members (excludes halogenated alkanes) is 1. The fourth-order valence-electron chi connectivity index (χ4n) is 4.21. The third-order valence-electron chi connectivity index (χ3n) is 6.28. The average molecular weight is 610 g/mol. The molecule has 0 saturated heterocycles. The lowest BCUT2D eigenvalue weighted by atomic mass is 10.00. The molecule has 0 bridgehead atoms. The monoisotopic (exact) mass is 610 g/mol. The van der Waals surface area contributed by atoms with Crippen molar-refractivity contribution in [3.05, 3.63) is 124 Å². The Balaban J connectivity index is 1.53. The maximum Gasteiger partial charge on any atom is 0.432 e. The molecule has 0 aliphatic rings. The standard InChI is InChI=1S/C32H20F10O/c1-2-3-4-19-9-12-23(24(33)13-19)21-10-7-18(8-11-21)5-6-20-14-25(34)30(26(35)15-20)32(41,42)43-22-16-27(36)29(28(37)17-22)31(38,39)40/h7-17H,2-4H2,1H3. The summed E-state index contributed by atoms with van der Waals surface area (Å²) >= 11 is 0. The predicted octanol–water partition coefficient (Wildman–Crippen LogP) is 9.94. The summed E-state index contributed by atoms with van der Waals surface area (Å²) in [6.07, 6.45) is -7.67. The van der Waals surface area contributed by atoms with E-state index in [1.165, 1.54) is 18.2 Å². The summed E-state index contributed by atoms with van der Waals surface area (Å²) in [7, 11) is 0. The number of hydrogen-bond donors (Lipinski definition) is 0. The van der Waals surface area contributed by atoms with Crippen LogP contribution in [0.25, 0.3) is 11.1 Å². The van der Waals surface area contributed by atoms with E-state index in [0.29, 0.717) is 28.8 Å². The van der Waals surface area contributed by atoms with Crippen LogP contribution in [0.3, 0.4) is 0 Å². The zero-order chi connectivity index (χ0) is 31.5. The third kappa shape index (κ3) is 7.31. The van der Waals surface area contributed by atoms with Crippen LogP contribution >= 0.6 is 0 Å². The molecule has 0 fully saturated rings. The molecule has 4 aromatic carbocycles. The average Bonchev–Trinajstić information content (AvgIpc) is 2.89. The minimum absolute atomic E-state index is 0.183. The molecule has 0 amide bonds. The van der Waals surface area contributed by atoms with Crippen LogP contribution in [0.1, 0.15) is 47.6 Å². The molecule has 0 unspecified atom stereocenters. The lowest BCUT2D eigenvalue weighted by Crippen LogP contribution is -2.25. The Morgan fingerprint density at radius 2 is 1.19 bits per heavy atom. The predicted molar refractivity (Wildman–Crippen MR) is 139 cm³/mol. The normalized spacial score (nSPS) is 11.7. The number of halogens is 10. The van der Waals surface area contributed by atoms with Crippen molar-refractivity contribution in [2.24, 2.45) is 0 Å². The molecule has 0 aromatic heterocycles. The van der Waals surface area contributed by atoms with Gasteiger partial charge in [-0.05, 0) is 54.3 Å². The summed E-state index contributed by atoms with van der Waals surface area (Å²) in [5.41, 5.74) is -2.51. The summed E-state index contributed by atoms with van der Waals surface area (Å²) in [4.78, 5) is 0. The van der Waals surface area contributed by atoms with Crippen LogP contribution in [-0.2, 0) is 18.7 Å². The minimum atomic E-state index is -5.47. The number of benzene rings is 4. The van der Waals surface area contributed by atoms with Gasteiger partial charge in [-0.3, -0.25) is 0 Å². The van der Waals surface area contributed by atoms with Crippen LogP contribution in [0.4, 0.5) is 43.9 Å². The Hall–Kier alpha value is -4.46. The fraction of sp³-hybridized carbons (Fsp3) is 0.188. The number of aryl methyl sites for hydroxylation is 1. The molecule has 0 aliphatic heterocycles. The van der Waals surface area contributed by atoms with Crippen molar-refractivity contribution in [2.75, 3.05) is 0 Å². The van der Waals surface area contributed by atoms with Crippen LogP contribution < -0.4 is 4.74 Å². The molecular weight excluding hydrogens is 590 g/mol. The van der Waals surface area contributed by atoms with Gasteiger partial charge in [0.05, 0.1) is 0 Å². The third-order valence-corrected chi connectivity index (χ3v) is 6.28. The van der Waals surface area contributed by atoms with Gasteiger partial charge in [-0.15, -0.1) is 0 Å². The number of rotatable bonds is 7. The Kier molecular flexibility index (Phi) is 9.09. The second-order valence-corrected chi connectivity index (χ2v) is 9.44. The van der Waals surface area contributed by atoms with Gasteiger partial charge in [-0.25, -0.2) is 22.0 Å². The maximum absolute atomic E-state index is 14.6. The molecule has 1 nitrogen and oxygen atoms in total. The van der Waals surface area contributed by atoms with Crippen molar-refractivity contribution < 1.29 is 48.6 Å². The molecule has 43 heavy (non-hydrogen) atoms. The molecule has 0 atom stereocenters. The second kappa shape index (κ2) is 12.4. The van der Waals surface area contributed by atoms with Gasteiger partial charge in [0.2, 0.25) is 0 Å². The van der Waals surface area contributed by atoms with E-state index >= 15 is 0 Å². The molecule has 0 spiro atoms. The highest BCUT2D eigenvalue weighted by Gasteiger charge is 2.43. The zero-order valence-corrected chi connectivity index (χ0v) is 22.2. The SMILES string of the molecule is CCCCc1ccc(-c2ccc(C#Cc3cc(F)c(C(F)(F)Oc4cc(F)c(C(F)(F)F)c(F)c4)c(F)c3)cc2)c(F)c1. The molecule has 0 aliphatic carbocycles. The first-order valence-corrected chi connectivity index (χ1v) is 12.7. The highest BCUT2D eigenvalue weighted by atomic mass is 19.4. The molecule has 0 radical (unpaired) electrons. The van der Waals surface area contributed by atoms with Crippen molar-refractivity contribution in [1.82, 2.24) is 0 Å². The lowest BCUT2D eigenvalue weighted by Gasteiger charge is -2.20. The van der Waals surface area contributed by atoms with E-state index in [-0.39, 0.29) is 17.7 Å². The summed E-state index contributed by atoms with van der Waals surface area (Å²) in [6, 6.07) is 11.8. The molecule has 4 aromatic rings. The van der Waals surface area contributed by atoms with Gasteiger partial charge >= 0.3 is 12.3 Å². The molecule has 0 saturated carbocycles. The maximum atomic E-state index is 14.6. The smallest absolute Gasteiger partial charge is 0.429 e. The van der Waals surface area contributed by atoms with E-state index in [9.17, 15) is 43.9 Å². The summed E-state index contributed by atoms with van der Waals surface area (Å²) in [5, 5.41) is 0. The van der Waals surface area contributed by atoms with Gasteiger partial charge in [-0.1, -0.05) is 49.5 Å². The summed E-state index contributed by atoms with van der Waals surface area (Å²) in [6.45, 7) is 2.04. The molecule has 0 heterocycles. The van der Waals surface area contributed by atoms with E-state index in [1.54, 1.807) is 18.2 Å². The van der Waals surface area contributed by atoms with Crippen molar-refractivity contribution in [3.8, 4) is 28.7 Å². The molecular formula is C32H20F10O. The highest BCUT2D eigenvalue weighted by molar-refractivity contribution is 5.65. The molecule has 11 heteroatoms. The van der Waals surface area contributed by atoms with Crippen LogP contribution in [0, 0.1) is 40.9 Å². The fourth-order valence-corrected chi connectivity index (χ4v) is 4.21. The number of hydrogen-bond acceptors (Lipinski definition) is 1. The Morgan fingerprint density at radius 3 is 1.72 bits per heavy atom. The van der Waals surface area contributed by atoms with Crippen molar-refractivity contribution in [1.29, 1.82) is 0 Å². The topological polar surface area (TPSA) is 9.23 Å². The first-order valence-electron chi connectivity index (χ1n) is 12.7. The van der Waals surface area contributed by atoms with Gasteiger partial charge in [-0.2, -0.15) is 22.0 Å². The van der Waals surface area contributed by atoms with Crippen molar-refractivity contribution in [3.63, 3.8) is 0 Å². The van der Waals surface area contributed by atoms with E-state index in [4.69, 9.17) is 0 Å².